The molecule has 0 aromatic heterocycles. The molecule has 0 spiro atoms. The van der Waals surface area contributed by atoms with Crippen molar-refractivity contribution in [1.29, 1.82) is 0 Å². The first-order valence-corrected chi connectivity index (χ1v) is 14.2. The second kappa shape index (κ2) is 9.69. The van der Waals surface area contributed by atoms with E-state index in [1.54, 1.807) is 19.1 Å². The number of carbonyl (C=O) groups is 4. The second-order valence-electron chi connectivity index (χ2n) is 11.5. The van der Waals surface area contributed by atoms with Crippen molar-refractivity contribution in [3.63, 3.8) is 0 Å². The van der Waals surface area contributed by atoms with Gasteiger partial charge in [0.25, 0.3) is 0 Å². The quantitative estimate of drug-likeness (QED) is 0.401. The fraction of sp³-hybridized carbons (Fsp3) is 0.419. The lowest BCUT2D eigenvalue weighted by Crippen LogP contribution is -2.48. The smallest absolute Gasteiger partial charge is 0.241 e. The first-order chi connectivity index (χ1) is 19.5. The highest BCUT2D eigenvalue weighted by molar-refractivity contribution is 6.31. The van der Waals surface area contributed by atoms with Crippen LogP contribution in [0, 0.1) is 34.9 Å². The summed E-state index contributed by atoms with van der Waals surface area (Å²) >= 11 is 6.03. The number of ether oxygens (including phenoxy) is 1. The van der Waals surface area contributed by atoms with Crippen LogP contribution in [0.15, 0.2) is 48.0 Å². The number of phenols is 1. The number of allylic oxidation sites excluding steroid dienone is 2. The molecule has 8 nitrogen and oxygen atoms in total. The fourth-order valence-corrected chi connectivity index (χ4v) is 7.84. The summed E-state index contributed by atoms with van der Waals surface area (Å²) in [7, 11) is 1.43. The number of likely N-dealkylation sites (tertiary alicyclic amines) is 1. The topological polar surface area (TPSA) is 104 Å². The first kappa shape index (κ1) is 27.4. The number of phenolic OH excluding ortho intramolecular Hbond substituents is 1. The van der Waals surface area contributed by atoms with E-state index in [4.69, 9.17) is 16.3 Å². The van der Waals surface area contributed by atoms with Gasteiger partial charge in [0.1, 0.15) is 5.82 Å². The molecule has 2 aromatic carbocycles. The third-order valence-electron chi connectivity index (χ3n) is 9.51. The molecule has 4 aliphatic rings. The normalized spacial score (nSPS) is 30.8. The standard InChI is InChI=1S/C31H30ClFN2O6/c1-4-11-34-27(37)18-8-7-17-19(25(18)29(34)39)14-20-28(38)35(16-6-9-22(33)21(32)13-16)30(40)31(20,2)26(17)15-5-10-24(41-3)23(36)12-15/h5-7,9-10,12-13,18-20,25-26,36H,4,8,11,14H2,1-3H3/t18-,19+,20-,25-,26-,31+/m0/s1. The third kappa shape index (κ3) is 3.77. The highest BCUT2D eigenvalue weighted by atomic mass is 35.5. The maximum atomic E-state index is 14.3. The first-order valence-electron chi connectivity index (χ1n) is 13.8. The predicted octanol–water partition coefficient (Wildman–Crippen LogP) is 4.83. The van der Waals surface area contributed by atoms with E-state index in [2.05, 4.69) is 0 Å². The maximum Gasteiger partial charge on any atom is 0.241 e. The van der Waals surface area contributed by atoms with Crippen molar-refractivity contribution < 1.29 is 33.4 Å². The second-order valence-corrected chi connectivity index (χ2v) is 11.9. The monoisotopic (exact) mass is 580 g/mol. The molecule has 2 aliphatic heterocycles. The number of amides is 4. The molecule has 2 aromatic rings. The van der Waals surface area contributed by atoms with Gasteiger partial charge < -0.3 is 9.84 Å². The van der Waals surface area contributed by atoms with Crippen LogP contribution < -0.4 is 9.64 Å². The number of hydrogen-bond donors (Lipinski definition) is 1. The highest BCUT2D eigenvalue weighted by Gasteiger charge is 2.67. The van der Waals surface area contributed by atoms with Crippen molar-refractivity contribution >= 4 is 40.9 Å². The molecule has 0 bridgehead atoms. The molecule has 1 saturated carbocycles. The summed E-state index contributed by atoms with van der Waals surface area (Å²) in [5, 5.41) is 10.5. The summed E-state index contributed by atoms with van der Waals surface area (Å²) in [5.74, 6) is -5.03. The lowest BCUT2D eigenvalue weighted by Gasteiger charge is -2.49. The van der Waals surface area contributed by atoms with Gasteiger partial charge in [-0.3, -0.25) is 24.1 Å². The molecule has 2 aliphatic carbocycles. The largest absolute Gasteiger partial charge is 0.504 e. The minimum absolute atomic E-state index is 0.123. The van der Waals surface area contributed by atoms with E-state index in [1.165, 1.54) is 30.2 Å². The van der Waals surface area contributed by atoms with Crippen LogP contribution in [0.25, 0.3) is 0 Å². The Balaban J connectivity index is 1.52. The molecule has 1 N–H and O–H groups in total. The molecular weight excluding hydrogens is 551 g/mol. The van der Waals surface area contributed by atoms with Crippen molar-refractivity contribution in [1.82, 2.24) is 4.90 Å². The van der Waals surface area contributed by atoms with Crippen molar-refractivity contribution in [2.24, 2.45) is 29.1 Å². The Hall–Kier alpha value is -3.72. The van der Waals surface area contributed by atoms with Gasteiger partial charge in [-0.05, 0) is 68.0 Å². The molecule has 2 heterocycles. The van der Waals surface area contributed by atoms with Gasteiger partial charge in [-0.1, -0.05) is 36.2 Å². The summed E-state index contributed by atoms with van der Waals surface area (Å²) in [5.41, 5.74) is 0.277. The summed E-state index contributed by atoms with van der Waals surface area (Å²) in [4.78, 5) is 57.7. The van der Waals surface area contributed by atoms with Crippen LogP contribution in [0.5, 0.6) is 11.5 Å². The molecule has 10 heteroatoms. The number of halogens is 2. The van der Waals surface area contributed by atoms with E-state index in [0.717, 1.165) is 16.5 Å². The van der Waals surface area contributed by atoms with E-state index in [1.807, 2.05) is 13.0 Å². The number of benzene rings is 2. The Bertz CT molecular complexity index is 1540. The average Bonchev–Trinajstić information content (AvgIpc) is 3.30. The van der Waals surface area contributed by atoms with Crippen LogP contribution in [0.4, 0.5) is 10.1 Å². The zero-order valence-corrected chi connectivity index (χ0v) is 23.7. The predicted molar refractivity (Wildman–Crippen MR) is 148 cm³/mol. The number of nitrogens with zero attached hydrogens (tertiary/aromatic N) is 2. The number of aromatic hydroxyl groups is 1. The third-order valence-corrected chi connectivity index (χ3v) is 9.80. The van der Waals surface area contributed by atoms with E-state index < -0.39 is 52.6 Å². The van der Waals surface area contributed by atoms with Crippen molar-refractivity contribution in [3.8, 4) is 11.5 Å². The highest BCUT2D eigenvalue weighted by Crippen LogP contribution is 2.64. The van der Waals surface area contributed by atoms with Crippen molar-refractivity contribution in [2.45, 2.75) is 39.0 Å². The van der Waals surface area contributed by atoms with Gasteiger partial charge in [-0.2, -0.15) is 0 Å². The summed E-state index contributed by atoms with van der Waals surface area (Å²) in [6.07, 6.45) is 3.14. The number of rotatable bonds is 5. The van der Waals surface area contributed by atoms with E-state index >= 15 is 0 Å². The van der Waals surface area contributed by atoms with E-state index in [9.17, 15) is 28.7 Å². The molecule has 41 heavy (non-hydrogen) atoms. The summed E-state index contributed by atoms with van der Waals surface area (Å²) in [6, 6.07) is 8.59. The molecule has 4 amide bonds. The van der Waals surface area contributed by atoms with Crippen LogP contribution in [0.2, 0.25) is 5.02 Å². The average molecular weight is 581 g/mol. The van der Waals surface area contributed by atoms with Crippen molar-refractivity contribution in [2.75, 3.05) is 18.6 Å². The minimum atomic E-state index is -1.29. The van der Waals surface area contributed by atoms with E-state index in [-0.39, 0.29) is 40.4 Å². The molecule has 0 unspecified atom stereocenters. The van der Waals surface area contributed by atoms with Gasteiger partial charge in [0.15, 0.2) is 11.5 Å². The Morgan fingerprint density at radius 1 is 1.07 bits per heavy atom. The zero-order valence-electron chi connectivity index (χ0n) is 22.9. The van der Waals surface area contributed by atoms with Crippen molar-refractivity contribution in [3.05, 3.63) is 64.5 Å². The number of methoxy groups -OCH3 is 1. The van der Waals surface area contributed by atoms with Gasteiger partial charge >= 0.3 is 0 Å². The number of anilines is 1. The Morgan fingerprint density at radius 2 is 1.83 bits per heavy atom. The van der Waals surface area contributed by atoms with Crippen LogP contribution in [-0.4, -0.2) is 47.3 Å². The summed E-state index contributed by atoms with van der Waals surface area (Å²) in [6.45, 7) is 3.98. The Labute approximate surface area is 241 Å². The lowest BCUT2D eigenvalue weighted by molar-refractivity contribution is -0.140. The lowest BCUT2D eigenvalue weighted by atomic mass is 9.51. The van der Waals surface area contributed by atoms with Gasteiger partial charge in [-0.25, -0.2) is 9.29 Å². The summed E-state index contributed by atoms with van der Waals surface area (Å²) < 4.78 is 19.2. The molecule has 214 valence electrons. The minimum Gasteiger partial charge on any atom is -0.504 e. The van der Waals surface area contributed by atoms with Crippen LogP contribution in [0.3, 0.4) is 0 Å². The van der Waals surface area contributed by atoms with Crippen LogP contribution in [-0.2, 0) is 19.2 Å². The molecule has 3 fully saturated rings. The molecule has 6 rings (SSSR count). The van der Waals surface area contributed by atoms with Gasteiger partial charge in [0, 0.05) is 12.5 Å². The zero-order chi connectivity index (χ0) is 29.4. The number of fused-ring (bicyclic) bond motifs is 4. The van der Waals surface area contributed by atoms with Gasteiger partial charge in [-0.15, -0.1) is 0 Å². The van der Waals surface area contributed by atoms with E-state index in [0.29, 0.717) is 24.9 Å². The molecule has 0 radical (unpaired) electrons. The van der Waals surface area contributed by atoms with Crippen LogP contribution in [0.1, 0.15) is 44.6 Å². The Kier molecular flexibility index (Phi) is 6.48. The van der Waals surface area contributed by atoms with Crippen LogP contribution >= 0.6 is 11.6 Å². The molecule has 2 saturated heterocycles. The Morgan fingerprint density at radius 3 is 2.49 bits per heavy atom. The number of carbonyl (C=O) groups excluding carboxylic acids is 4. The SMILES string of the molecule is CCCN1C(=O)[C@H]2[C@H](CC=C3[C@H]2C[C@H]2C(=O)N(c4ccc(F)c(Cl)c4)C(=O)[C@@]2(C)[C@H]3c2ccc(OC)c(O)c2)C1=O. The number of imide groups is 2. The fourth-order valence-electron chi connectivity index (χ4n) is 7.66. The maximum absolute atomic E-state index is 14.3. The number of hydrogen-bond acceptors (Lipinski definition) is 6. The van der Waals surface area contributed by atoms with Gasteiger partial charge in [0.05, 0.1) is 41.0 Å². The van der Waals surface area contributed by atoms with Gasteiger partial charge in [0.2, 0.25) is 23.6 Å². The molecule has 6 atom stereocenters. The molecular formula is C31H30ClFN2O6.